The molecule has 0 bridgehead atoms. The zero-order chi connectivity index (χ0) is 19.1. The number of ether oxygens (including phenoxy) is 1. The van der Waals surface area contributed by atoms with Crippen molar-refractivity contribution in [2.45, 2.75) is 13.8 Å². The lowest BCUT2D eigenvalue weighted by Gasteiger charge is -2.09. The van der Waals surface area contributed by atoms with E-state index in [9.17, 15) is 10.1 Å². The van der Waals surface area contributed by atoms with Crippen LogP contribution in [0.25, 0.3) is 6.08 Å². The average molecular weight is 411 g/mol. The van der Waals surface area contributed by atoms with E-state index in [4.69, 9.17) is 4.74 Å². The Morgan fingerprint density at radius 1 is 1.27 bits per heavy atom. The van der Waals surface area contributed by atoms with Crippen LogP contribution in [-0.4, -0.2) is 12.5 Å². The molecule has 0 aliphatic heterocycles. The molecule has 5 heteroatoms. The van der Waals surface area contributed by atoms with Crippen LogP contribution in [0.5, 0.6) is 5.75 Å². The quantitative estimate of drug-likeness (QED) is 0.405. The number of nitrogens with zero attached hydrogens (tertiary/aromatic N) is 1. The minimum atomic E-state index is -0.466. The minimum absolute atomic E-state index is 0.00860. The zero-order valence-corrected chi connectivity index (χ0v) is 16.3. The molecule has 132 valence electrons. The molecule has 0 saturated carbocycles. The first-order chi connectivity index (χ1) is 12.4. The predicted molar refractivity (Wildman–Crippen MR) is 108 cm³/mol. The van der Waals surface area contributed by atoms with Crippen LogP contribution in [-0.2, 0) is 4.79 Å². The maximum Gasteiger partial charge on any atom is 0.266 e. The van der Waals surface area contributed by atoms with E-state index in [1.165, 1.54) is 6.08 Å². The van der Waals surface area contributed by atoms with E-state index in [1.54, 1.807) is 18.2 Å². The molecule has 0 spiro atoms. The van der Waals surface area contributed by atoms with Crippen LogP contribution in [0.3, 0.4) is 0 Å². The van der Waals surface area contributed by atoms with Crippen LogP contribution in [0.4, 0.5) is 5.69 Å². The number of carbonyl (C=O) groups excluding carboxylic acids is 1. The highest BCUT2D eigenvalue weighted by Gasteiger charge is 2.12. The minimum Gasteiger partial charge on any atom is -0.489 e. The first kappa shape index (κ1) is 19.5. The second-order valence-corrected chi connectivity index (χ2v) is 6.70. The Morgan fingerprint density at radius 3 is 2.58 bits per heavy atom. The third-order valence-corrected chi connectivity index (χ3v) is 3.97. The molecule has 0 fully saturated rings. The number of carbonyl (C=O) groups is 1. The Bertz CT molecular complexity index is 890. The van der Waals surface area contributed by atoms with Gasteiger partial charge in [-0.1, -0.05) is 34.7 Å². The number of nitriles is 1. The summed E-state index contributed by atoms with van der Waals surface area (Å²) in [7, 11) is 0. The number of aryl methyl sites for hydroxylation is 2. The van der Waals surface area contributed by atoms with Crippen molar-refractivity contribution in [1.29, 1.82) is 5.26 Å². The molecule has 0 radical (unpaired) electrons. The highest BCUT2D eigenvalue weighted by atomic mass is 79.9. The van der Waals surface area contributed by atoms with Gasteiger partial charge in [0.15, 0.2) is 0 Å². The van der Waals surface area contributed by atoms with Gasteiger partial charge in [0.1, 0.15) is 24.0 Å². The summed E-state index contributed by atoms with van der Waals surface area (Å²) >= 11 is 3.39. The standard InChI is InChI=1S/C21H19BrN2O2/c1-4-7-26-20-6-5-18(22)12-16(20)11-17(13-23)21(25)24-19-9-14(2)8-15(3)10-19/h4-6,8-12H,1,7H2,2-3H3,(H,24,25)/b17-11+. The lowest BCUT2D eigenvalue weighted by Crippen LogP contribution is -2.13. The number of halogens is 1. The first-order valence-electron chi connectivity index (χ1n) is 7.97. The number of nitrogens with one attached hydrogen (secondary N) is 1. The maximum atomic E-state index is 12.5. The van der Waals surface area contributed by atoms with Gasteiger partial charge in [0, 0.05) is 15.7 Å². The molecule has 0 aliphatic carbocycles. The summed E-state index contributed by atoms with van der Waals surface area (Å²) in [6.07, 6.45) is 3.15. The Labute approximate surface area is 161 Å². The molecule has 26 heavy (non-hydrogen) atoms. The lowest BCUT2D eigenvalue weighted by atomic mass is 10.1. The summed E-state index contributed by atoms with van der Waals surface area (Å²) < 4.78 is 6.41. The highest BCUT2D eigenvalue weighted by molar-refractivity contribution is 9.10. The molecule has 4 nitrogen and oxygen atoms in total. The number of benzene rings is 2. The molecule has 0 aliphatic rings. The summed E-state index contributed by atoms with van der Waals surface area (Å²) in [5.74, 6) is 0.104. The van der Waals surface area contributed by atoms with Gasteiger partial charge in [0.2, 0.25) is 0 Å². The second-order valence-electron chi connectivity index (χ2n) is 5.78. The monoisotopic (exact) mass is 410 g/mol. The highest BCUT2D eigenvalue weighted by Crippen LogP contribution is 2.26. The van der Waals surface area contributed by atoms with Crippen LogP contribution in [0.15, 0.2) is 59.1 Å². The van der Waals surface area contributed by atoms with Crippen molar-refractivity contribution in [2.24, 2.45) is 0 Å². The van der Waals surface area contributed by atoms with Gasteiger partial charge in [-0.15, -0.1) is 0 Å². The van der Waals surface area contributed by atoms with Crippen molar-refractivity contribution in [3.05, 3.63) is 75.8 Å². The average Bonchev–Trinajstić information content (AvgIpc) is 2.57. The lowest BCUT2D eigenvalue weighted by molar-refractivity contribution is -0.112. The molecule has 2 rings (SSSR count). The van der Waals surface area contributed by atoms with Crippen LogP contribution >= 0.6 is 15.9 Å². The van der Waals surface area contributed by atoms with Gasteiger partial charge in [-0.05, 0) is 61.4 Å². The van der Waals surface area contributed by atoms with E-state index in [0.717, 1.165) is 15.6 Å². The molecular weight excluding hydrogens is 392 g/mol. The fourth-order valence-electron chi connectivity index (χ4n) is 2.46. The summed E-state index contributed by atoms with van der Waals surface area (Å²) in [5, 5.41) is 12.2. The second kappa shape index (κ2) is 9.02. The fourth-order valence-corrected chi connectivity index (χ4v) is 2.84. The number of hydrogen-bond acceptors (Lipinski definition) is 3. The molecule has 0 unspecified atom stereocenters. The third kappa shape index (κ3) is 5.33. The SMILES string of the molecule is C=CCOc1ccc(Br)cc1/C=C(\C#N)C(=O)Nc1cc(C)cc(C)c1. The normalized spacial score (nSPS) is 10.8. The van der Waals surface area contributed by atoms with E-state index in [-0.39, 0.29) is 5.57 Å². The molecule has 2 aromatic carbocycles. The fraction of sp³-hybridized carbons (Fsp3) is 0.143. The molecule has 0 aromatic heterocycles. The van der Waals surface area contributed by atoms with Crippen molar-refractivity contribution in [1.82, 2.24) is 0 Å². The molecular formula is C21H19BrN2O2. The van der Waals surface area contributed by atoms with Gasteiger partial charge in [-0.2, -0.15) is 5.26 Å². The van der Waals surface area contributed by atoms with Gasteiger partial charge in [-0.3, -0.25) is 4.79 Å². The van der Waals surface area contributed by atoms with E-state index in [0.29, 0.717) is 23.6 Å². The van der Waals surface area contributed by atoms with E-state index >= 15 is 0 Å². The summed E-state index contributed by atoms with van der Waals surface area (Å²) in [6, 6.07) is 13.1. The molecule has 1 N–H and O–H groups in total. The Hall–Kier alpha value is -2.84. The third-order valence-electron chi connectivity index (χ3n) is 3.47. The van der Waals surface area contributed by atoms with Crippen molar-refractivity contribution in [3.8, 4) is 11.8 Å². The van der Waals surface area contributed by atoms with E-state index in [2.05, 4.69) is 27.8 Å². The van der Waals surface area contributed by atoms with Crippen molar-refractivity contribution in [3.63, 3.8) is 0 Å². The van der Waals surface area contributed by atoms with Gasteiger partial charge in [0.25, 0.3) is 5.91 Å². The largest absolute Gasteiger partial charge is 0.489 e. The molecule has 1 amide bonds. The Balaban J connectivity index is 2.32. The summed E-state index contributed by atoms with van der Waals surface area (Å²) in [6.45, 7) is 7.86. The van der Waals surface area contributed by atoms with Crippen LogP contribution < -0.4 is 10.1 Å². The van der Waals surface area contributed by atoms with Gasteiger partial charge in [-0.25, -0.2) is 0 Å². The first-order valence-corrected chi connectivity index (χ1v) is 8.77. The van der Waals surface area contributed by atoms with Crippen LogP contribution in [0.1, 0.15) is 16.7 Å². The van der Waals surface area contributed by atoms with Gasteiger partial charge < -0.3 is 10.1 Å². The maximum absolute atomic E-state index is 12.5. The molecule has 0 saturated heterocycles. The molecule has 0 heterocycles. The number of anilines is 1. The number of hydrogen-bond donors (Lipinski definition) is 1. The Morgan fingerprint density at radius 2 is 1.96 bits per heavy atom. The topological polar surface area (TPSA) is 62.1 Å². The van der Waals surface area contributed by atoms with Gasteiger partial charge >= 0.3 is 0 Å². The number of rotatable bonds is 6. The van der Waals surface area contributed by atoms with Gasteiger partial charge in [0.05, 0.1) is 0 Å². The zero-order valence-electron chi connectivity index (χ0n) is 14.7. The van der Waals surface area contributed by atoms with Crippen molar-refractivity contribution in [2.75, 3.05) is 11.9 Å². The Kier molecular flexibility index (Phi) is 6.76. The number of amides is 1. The smallest absolute Gasteiger partial charge is 0.266 e. The van der Waals surface area contributed by atoms with Crippen LogP contribution in [0, 0.1) is 25.2 Å². The molecule has 2 aromatic rings. The molecule has 0 atom stereocenters. The van der Waals surface area contributed by atoms with E-state index < -0.39 is 5.91 Å². The van der Waals surface area contributed by atoms with E-state index in [1.807, 2.05) is 44.2 Å². The summed E-state index contributed by atoms with van der Waals surface area (Å²) in [5.41, 5.74) is 3.36. The van der Waals surface area contributed by atoms with Crippen LogP contribution in [0.2, 0.25) is 0 Å². The predicted octanol–water partition coefficient (Wildman–Crippen LogP) is 5.18. The van der Waals surface area contributed by atoms with Crippen molar-refractivity contribution >= 4 is 33.6 Å². The summed E-state index contributed by atoms with van der Waals surface area (Å²) in [4.78, 5) is 12.5. The van der Waals surface area contributed by atoms with Crippen molar-refractivity contribution < 1.29 is 9.53 Å².